The Labute approximate surface area is 213 Å². The first kappa shape index (κ1) is 25.4. The maximum absolute atomic E-state index is 13.5. The zero-order chi connectivity index (χ0) is 24.8. The summed E-state index contributed by atoms with van der Waals surface area (Å²) in [6.07, 6.45) is 5.30. The van der Waals surface area contributed by atoms with Gasteiger partial charge in [-0.3, -0.25) is 9.59 Å². The van der Waals surface area contributed by atoms with E-state index in [0.717, 1.165) is 50.1 Å². The Hall–Kier alpha value is -2.73. The molecule has 188 valence electrons. The molecule has 2 aliphatic heterocycles. The quantitative estimate of drug-likeness (QED) is 0.515. The number of halogens is 1. The number of likely N-dealkylation sites (tertiary alicyclic amines) is 2. The lowest BCUT2D eigenvalue weighted by Crippen LogP contribution is -2.51. The highest BCUT2D eigenvalue weighted by Crippen LogP contribution is 2.37. The van der Waals surface area contributed by atoms with Gasteiger partial charge < -0.3 is 19.3 Å². The number of hydrogen-bond acceptors (Lipinski definition) is 4. The molecular formula is C28H35ClN2O4. The van der Waals surface area contributed by atoms with Crippen molar-refractivity contribution in [2.45, 2.75) is 45.4 Å². The van der Waals surface area contributed by atoms with Gasteiger partial charge in [0.05, 0.1) is 19.3 Å². The predicted molar refractivity (Wildman–Crippen MR) is 137 cm³/mol. The molecule has 2 aliphatic rings. The molecule has 0 radical (unpaired) electrons. The lowest BCUT2D eigenvalue weighted by atomic mass is 9.77. The van der Waals surface area contributed by atoms with Gasteiger partial charge in [-0.2, -0.15) is 0 Å². The van der Waals surface area contributed by atoms with Crippen LogP contribution in [0.4, 0.5) is 0 Å². The Kier molecular flexibility index (Phi) is 8.22. The number of para-hydroxylation sites is 1. The van der Waals surface area contributed by atoms with Crippen LogP contribution in [0, 0.1) is 12.3 Å². The number of piperidine rings is 2. The van der Waals surface area contributed by atoms with Gasteiger partial charge in [0, 0.05) is 43.0 Å². The van der Waals surface area contributed by atoms with Crippen LogP contribution in [0.5, 0.6) is 11.5 Å². The van der Waals surface area contributed by atoms with E-state index in [1.54, 1.807) is 19.2 Å². The molecule has 2 amide bonds. The average Bonchev–Trinajstić information content (AvgIpc) is 2.89. The van der Waals surface area contributed by atoms with Crippen LogP contribution < -0.4 is 9.47 Å². The molecule has 4 rings (SSSR count). The zero-order valence-corrected chi connectivity index (χ0v) is 21.5. The number of methoxy groups -OCH3 is 1. The Morgan fingerprint density at radius 3 is 2.49 bits per heavy atom. The van der Waals surface area contributed by atoms with Crippen LogP contribution in [0.1, 0.15) is 54.4 Å². The van der Waals surface area contributed by atoms with Crippen molar-refractivity contribution >= 4 is 23.4 Å². The number of nitrogens with zero attached hydrogens (tertiary/aromatic N) is 2. The van der Waals surface area contributed by atoms with Gasteiger partial charge in [-0.15, -0.1) is 0 Å². The number of benzene rings is 2. The van der Waals surface area contributed by atoms with E-state index in [1.165, 1.54) is 6.42 Å². The smallest absolute Gasteiger partial charge is 0.257 e. The SMILES string of the molecule is COc1ccccc1C(=O)N1CCC[C@](COc2ccc(Cl)c(C)c2)(CC(=O)N2CCCCC2)C1. The van der Waals surface area contributed by atoms with Crippen LogP contribution in [0.3, 0.4) is 0 Å². The summed E-state index contributed by atoms with van der Waals surface area (Å²) in [6, 6.07) is 12.9. The third-order valence-corrected chi connectivity index (χ3v) is 7.62. The van der Waals surface area contributed by atoms with Crippen molar-refractivity contribution in [3.8, 4) is 11.5 Å². The second-order valence-corrected chi connectivity index (χ2v) is 10.3. The van der Waals surface area contributed by atoms with E-state index in [-0.39, 0.29) is 11.8 Å². The van der Waals surface area contributed by atoms with E-state index in [4.69, 9.17) is 21.1 Å². The van der Waals surface area contributed by atoms with Gasteiger partial charge in [-0.05, 0) is 74.9 Å². The molecule has 2 fully saturated rings. The van der Waals surface area contributed by atoms with Gasteiger partial charge in [0.2, 0.25) is 5.91 Å². The lowest BCUT2D eigenvalue weighted by molar-refractivity contribution is -0.136. The summed E-state index contributed by atoms with van der Waals surface area (Å²) < 4.78 is 11.7. The Balaban J connectivity index is 1.56. The minimum atomic E-state index is -0.460. The first-order valence-corrected chi connectivity index (χ1v) is 12.9. The molecule has 2 heterocycles. The number of rotatable bonds is 7. The van der Waals surface area contributed by atoms with Crippen molar-refractivity contribution in [2.75, 3.05) is 39.9 Å². The van der Waals surface area contributed by atoms with E-state index in [0.29, 0.717) is 42.5 Å². The third kappa shape index (κ3) is 6.10. The fourth-order valence-corrected chi connectivity index (χ4v) is 5.32. The summed E-state index contributed by atoms with van der Waals surface area (Å²) in [4.78, 5) is 30.7. The van der Waals surface area contributed by atoms with Gasteiger partial charge in [0.1, 0.15) is 11.5 Å². The van der Waals surface area contributed by atoms with E-state index in [1.807, 2.05) is 47.1 Å². The number of carbonyl (C=O) groups excluding carboxylic acids is 2. The first-order valence-electron chi connectivity index (χ1n) is 12.5. The average molecular weight is 499 g/mol. The summed E-state index contributed by atoms with van der Waals surface area (Å²) in [5.74, 6) is 1.38. The first-order chi connectivity index (χ1) is 16.9. The van der Waals surface area contributed by atoms with E-state index >= 15 is 0 Å². The third-order valence-electron chi connectivity index (χ3n) is 7.20. The molecule has 0 aromatic heterocycles. The number of aryl methyl sites for hydroxylation is 1. The highest BCUT2D eigenvalue weighted by atomic mass is 35.5. The van der Waals surface area contributed by atoms with Crippen LogP contribution >= 0.6 is 11.6 Å². The van der Waals surface area contributed by atoms with Gasteiger partial charge >= 0.3 is 0 Å². The van der Waals surface area contributed by atoms with Crippen molar-refractivity contribution in [1.82, 2.24) is 9.80 Å². The van der Waals surface area contributed by atoms with Gasteiger partial charge in [0.15, 0.2) is 0 Å². The summed E-state index contributed by atoms with van der Waals surface area (Å²) in [5.41, 5.74) is 1.03. The Bertz CT molecular complexity index is 1050. The van der Waals surface area contributed by atoms with E-state index in [9.17, 15) is 9.59 Å². The minimum Gasteiger partial charge on any atom is -0.496 e. The summed E-state index contributed by atoms with van der Waals surface area (Å²) in [6.45, 7) is 5.06. The van der Waals surface area contributed by atoms with Crippen molar-refractivity contribution in [1.29, 1.82) is 0 Å². The molecule has 1 atom stereocenters. The molecule has 2 aromatic carbocycles. The zero-order valence-electron chi connectivity index (χ0n) is 20.7. The molecule has 0 bridgehead atoms. The van der Waals surface area contributed by atoms with E-state index < -0.39 is 5.41 Å². The fraction of sp³-hybridized carbons (Fsp3) is 0.500. The fourth-order valence-electron chi connectivity index (χ4n) is 5.21. The van der Waals surface area contributed by atoms with Crippen LogP contribution in [0.15, 0.2) is 42.5 Å². The van der Waals surface area contributed by atoms with Crippen molar-refractivity contribution in [3.63, 3.8) is 0 Å². The molecule has 2 saturated heterocycles. The van der Waals surface area contributed by atoms with Crippen molar-refractivity contribution in [3.05, 3.63) is 58.6 Å². The number of amides is 2. The van der Waals surface area contributed by atoms with Gasteiger partial charge in [-0.1, -0.05) is 23.7 Å². The standard InChI is InChI=1S/C28H35ClN2O4/c1-21-17-22(11-12-24(21)29)35-20-28(18-26(32)30-14-6-3-7-15-30)13-8-16-31(19-28)27(33)23-9-4-5-10-25(23)34-2/h4-5,9-12,17H,3,6-8,13-16,18-20H2,1-2H3/t28-/m0/s1. The van der Waals surface area contributed by atoms with Crippen molar-refractivity contribution < 1.29 is 19.1 Å². The maximum atomic E-state index is 13.5. The van der Waals surface area contributed by atoms with E-state index in [2.05, 4.69) is 0 Å². The number of carbonyl (C=O) groups is 2. The maximum Gasteiger partial charge on any atom is 0.257 e. The molecule has 0 aliphatic carbocycles. The highest BCUT2D eigenvalue weighted by Gasteiger charge is 2.41. The highest BCUT2D eigenvalue weighted by molar-refractivity contribution is 6.31. The lowest BCUT2D eigenvalue weighted by Gasteiger charge is -2.43. The van der Waals surface area contributed by atoms with Crippen LogP contribution in [0.2, 0.25) is 5.02 Å². The molecule has 6 nitrogen and oxygen atoms in total. The van der Waals surface area contributed by atoms with Crippen LogP contribution in [-0.2, 0) is 4.79 Å². The molecule has 2 aromatic rings. The summed E-state index contributed by atoms with van der Waals surface area (Å²) >= 11 is 6.19. The second-order valence-electron chi connectivity index (χ2n) is 9.85. The largest absolute Gasteiger partial charge is 0.496 e. The number of hydrogen-bond donors (Lipinski definition) is 0. The predicted octanol–water partition coefficient (Wildman–Crippen LogP) is 5.36. The van der Waals surface area contributed by atoms with Gasteiger partial charge in [0.25, 0.3) is 5.91 Å². The molecule has 0 saturated carbocycles. The topological polar surface area (TPSA) is 59.1 Å². The van der Waals surface area contributed by atoms with Crippen molar-refractivity contribution in [2.24, 2.45) is 5.41 Å². The normalized spacial score (nSPS) is 20.4. The molecule has 0 N–H and O–H groups in total. The second kappa shape index (κ2) is 11.3. The molecule has 0 spiro atoms. The van der Waals surface area contributed by atoms with Crippen LogP contribution in [-0.4, -0.2) is 61.5 Å². The Morgan fingerprint density at radius 2 is 1.74 bits per heavy atom. The minimum absolute atomic E-state index is 0.0701. The molecule has 35 heavy (non-hydrogen) atoms. The van der Waals surface area contributed by atoms with Crippen LogP contribution in [0.25, 0.3) is 0 Å². The summed E-state index contributed by atoms with van der Waals surface area (Å²) in [5, 5.41) is 0.693. The molecule has 0 unspecified atom stereocenters. The molecular weight excluding hydrogens is 464 g/mol. The molecule has 7 heteroatoms. The monoisotopic (exact) mass is 498 g/mol. The van der Waals surface area contributed by atoms with Gasteiger partial charge in [-0.25, -0.2) is 0 Å². The Morgan fingerprint density at radius 1 is 1.00 bits per heavy atom. The number of ether oxygens (including phenoxy) is 2. The summed E-state index contributed by atoms with van der Waals surface area (Å²) in [7, 11) is 1.58.